The molecule has 0 saturated heterocycles. The molecule has 0 bridgehead atoms. The number of aromatic carboxylic acids is 1. The van der Waals surface area contributed by atoms with Crippen LogP contribution >= 0.6 is 0 Å². The largest absolute Gasteiger partial charge is 0.478 e. The highest BCUT2D eigenvalue weighted by Gasteiger charge is 2.50. The smallest absolute Gasteiger partial charge is 0.335 e. The van der Waals surface area contributed by atoms with Crippen molar-refractivity contribution in [2.24, 2.45) is 5.92 Å². The van der Waals surface area contributed by atoms with Gasteiger partial charge in [0.05, 0.1) is 23.9 Å². The Hall–Kier alpha value is -2.17. The van der Waals surface area contributed by atoms with E-state index in [-0.39, 0.29) is 11.5 Å². The number of aryl methyl sites for hydroxylation is 1. The van der Waals surface area contributed by atoms with Gasteiger partial charge in [-0.2, -0.15) is 0 Å². The van der Waals surface area contributed by atoms with Crippen molar-refractivity contribution in [2.45, 2.75) is 75.9 Å². The van der Waals surface area contributed by atoms with Crippen molar-refractivity contribution in [3.63, 3.8) is 0 Å². The molecule has 2 N–H and O–H groups in total. The molecule has 3 atom stereocenters. The molecule has 4 heteroatoms. The van der Waals surface area contributed by atoms with Crippen LogP contribution in [0.25, 0.3) is 0 Å². The first kappa shape index (κ1) is 22.0. The van der Waals surface area contributed by atoms with E-state index in [2.05, 4.69) is 30.3 Å². The van der Waals surface area contributed by atoms with Gasteiger partial charge in [0.2, 0.25) is 0 Å². The number of carboxylic acid groups (broad SMARTS) is 1. The molecule has 0 unspecified atom stereocenters. The number of fused-ring (bicyclic) bond motifs is 3. The van der Waals surface area contributed by atoms with Gasteiger partial charge >= 0.3 is 5.97 Å². The van der Waals surface area contributed by atoms with Gasteiger partial charge in [0.1, 0.15) is 0 Å². The van der Waals surface area contributed by atoms with E-state index in [1.165, 1.54) is 16.7 Å². The van der Waals surface area contributed by atoms with Gasteiger partial charge in [-0.05, 0) is 93.5 Å². The quantitative estimate of drug-likeness (QED) is 0.675. The Morgan fingerprint density at radius 1 is 1.16 bits per heavy atom. The molecule has 0 spiro atoms. The van der Waals surface area contributed by atoms with Crippen LogP contribution in [0.5, 0.6) is 0 Å². The highest BCUT2D eigenvalue weighted by molar-refractivity contribution is 5.88. The van der Waals surface area contributed by atoms with E-state index in [0.29, 0.717) is 24.5 Å². The number of hydrogen-bond acceptors (Lipinski definition) is 3. The molecular weight excluding hydrogens is 388 g/mol. The van der Waals surface area contributed by atoms with Crippen molar-refractivity contribution in [1.82, 2.24) is 0 Å². The first-order valence-electron chi connectivity index (χ1n) is 11.6. The first-order chi connectivity index (χ1) is 14.8. The van der Waals surface area contributed by atoms with Crippen molar-refractivity contribution in [3.05, 3.63) is 70.8 Å². The summed E-state index contributed by atoms with van der Waals surface area (Å²) in [5.41, 5.74) is 3.24. The second kappa shape index (κ2) is 8.76. The maximum atomic E-state index is 11.6. The summed E-state index contributed by atoms with van der Waals surface area (Å²) < 4.78 is 5.84. The van der Waals surface area contributed by atoms with Crippen molar-refractivity contribution >= 4 is 5.97 Å². The predicted molar refractivity (Wildman–Crippen MR) is 122 cm³/mol. The fraction of sp³-hybridized carbons (Fsp3) is 0.519. The van der Waals surface area contributed by atoms with Gasteiger partial charge in [-0.3, -0.25) is 0 Å². The summed E-state index contributed by atoms with van der Waals surface area (Å²) in [5.74, 6) is -0.538. The lowest BCUT2D eigenvalue weighted by Gasteiger charge is -2.50. The van der Waals surface area contributed by atoms with Crippen LogP contribution in [0, 0.1) is 5.92 Å². The fourth-order valence-corrected chi connectivity index (χ4v) is 5.85. The van der Waals surface area contributed by atoms with Gasteiger partial charge in [0, 0.05) is 5.41 Å². The van der Waals surface area contributed by atoms with Gasteiger partial charge < -0.3 is 14.9 Å². The molecule has 2 aromatic rings. The second-order valence-electron chi connectivity index (χ2n) is 9.87. The number of hydrogen-bond donors (Lipinski definition) is 2. The zero-order valence-corrected chi connectivity index (χ0v) is 18.6. The molecule has 0 amide bonds. The van der Waals surface area contributed by atoms with E-state index < -0.39 is 11.6 Å². The Labute approximate surface area is 185 Å². The normalized spacial score (nSPS) is 27.9. The van der Waals surface area contributed by atoms with Gasteiger partial charge in [-0.15, -0.1) is 0 Å². The average Bonchev–Trinajstić information content (AvgIpc) is 2.89. The lowest BCUT2D eigenvalue weighted by atomic mass is 9.56. The summed E-state index contributed by atoms with van der Waals surface area (Å²) in [6.07, 6.45) is 6.26. The minimum Gasteiger partial charge on any atom is -0.478 e. The Morgan fingerprint density at radius 3 is 2.65 bits per heavy atom. The number of aliphatic hydroxyl groups is 1. The van der Waals surface area contributed by atoms with E-state index in [9.17, 15) is 15.0 Å². The molecule has 2 aliphatic rings. The van der Waals surface area contributed by atoms with Crippen LogP contribution in [-0.2, 0) is 23.0 Å². The molecule has 1 saturated carbocycles. The lowest BCUT2D eigenvalue weighted by molar-refractivity contribution is -0.110. The molecule has 0 heterocycles. The summed E-state index contributed by atoms with van der Waals surface area (Å²) in [4.78, 5) is 11.6. The minimum atomic E-state index is -0.871. The van der Waals surface area contributed by atoms with E-state index in [1.807, 2.05) is 26.0 Å². The van der Waals surface area contributed by atoms with E-state index in [1.54, 1.807) is 6.07 Å². The first-order valence-corrected chi connectivity index (χ1v) is 11.6. The molecule has 2 aliphatic carbocycles. The average molecular weight is 423 g/mol. The molecular formula is C27H34O4. The predicted octanol–water partition coefficient (Wildman–Crippen LogP) is 5.16. The molecule has 4 rings (SSSR count). The van der Waals surface area contributed by atoms with Crippen LogP contribution in [-0.4, -0.2) is 34.5 Å². The molecule has 0 aliphatic heterocycles. The molecule has 0 radical (unpaired) electrons. The Morgan fingerprint density at radius 2 is 1.94 bits per heavy atom. The summed E-state index contributed by atoms with van der Waals surface area (Å²) >= 11 is 0. The van der Waals surface area contributed by atoms with Crippen LogP contribution in [0.15, 0.2) is 48.5 Å². The maximum Gasteiger partial charge on any atom is 0.335 e. The zero-order chi connectivity index (χ0) is 22.1. The third-order valence-electron chi connectivity index (χ3n) is 7.38. The van der Waals surface area contributed by atoms with Gasteiger partial charge in [0.25, 0.3) is 0 Å². The Bertz CT molecular complexity index is 922. The van der Waals surface area contributed by atoms with E-state index in [0.717, 1.165) is 38.5 Å². The number of ether oxygens (including phenoxy) is 1. The molecule has 31 heavy (non-hydrogen) atoms. The SMILES string of the molecule is CC(C)OC[C@@]1(O)CC[C@@]2(Cc3ccccc3)c3ccc(C(=O)O)cc3CCC[C@H]2C1. The summed E-state index contributed by atoms with van der Waals surface area (Å²) in [6, 6.07) is 16.3. The number of rotatable bonds is 6. The third-order valence-corrected chi connectivity index (χ3v) is 7.38. The molecule has 1 fully saturated rings. The lowest BCUT2D eigenvalue weighted by Crippen LogP contribution is -2.51. The number of carbonyl (C=O) groups is 1. The third kappa shape index (κ3) is 4.56. The topological polar surface area (TPSA) is 66.8 Å². The van der Waals surface area contributed by atoms with Crippen molar-refractivity contribution in [3.8, 4) is 0 Å². The van der Waals surface area contributed by atoms with Gasteiger partial charge in [0.15, 0.2) is 0 Å². The highest BCUT2D eigenvalue weighted by Crippen LogP contribution is 2.53. The van der Waals surface area contributed by atoms with Crippen molar-refractivity contribution in [2.75, 3.05) is 6.61 Å². The zero-order valence-electron chi connectivity index (χ0n) is 18.6. The molecule has 166 valence electrons. The Kier molecular flexibility index (Phi) is 6.23. The van der Waals surface area contributed by atoms with Crippen molar-refractivity contribution in [1.29, 1.82) is 0 Å². The monoisotopic (exact) mass is 422 g/mol. The molecule has 0 aromatic heterocycles. The van der Waals surface area contributed by atoms with Crippen molar-refractivity contribution < 1.29 is 19.7 Å². The Balaban J connectivity index is 1.75. The molecule has 4 nitrogen and oxygen atoms in total. The van der Waals surface area contributed by atoms with Crippen LogP contribution in [0.4, 0.5) is 0 Å². The number of carboxylic acids is 1. The number of benzene rings is 2. The van der Waals surface area contributed by atoms with Crippen LogP contribution in [0.3, 0.4) is 0 Å². The highest BCUT2D eigenvalue weighted by atomic mass is 16.5. The summed E-state index contributed by atoms with van der Waals surface area (Å²) in [5, 5.41) is 20.9. The van der Waals surface area contributed by atoms with Crippen LogP contribution < -0.4 is 0 Å². The van der Waals surface area contributed by atoms with E-state index >= 15 is 0 Å². The second-order valence-corrected chi connectivity index (χ2v) is 9.87. The summed E-state index contributed by atoms with van der Waals surface area (Å²) in [6.45, 7) is 4.40. The molecule has 2 aromatic carbocycles. The van der Waals surface area contributed by atoms with E-state index in [4.69, 9.17) is 4.74 Å². The summed E-state index contributed by atoms with van der Waals surface area (Å²) in [7, 11) is 0. The van der Waals surface area contributed by atoms with Gasteiger partial charge in [-0.25, -0.2) is 4.79 Å². The minimum absolute atomic E-state index is 0.0890. The standard InChI is InChI=1S/C27H34O4/c1-19(2)31-18-26(30)13-14-27(16-20-7-4-3-5-8-20)23(17-26)10-6-9-21-15-22(25(28)29)11-12-24(21)27/h3-5,7-8,11-12,15,19,23,30H,6,9-10,13-14,16-18H2,1-2H3,(H,28,29)/t23-,26+,27-/m0/s1. The van der Waals surface area contributed by atoms with Gasteiger partial charge in [-0.1, -0.05) is 36.4 Å². The maximum absolute atomic E-state index is 11.6. The van der Waals surface area contributed by atoms with Crippen LogP contribution in [0.2, 0.25) is 0 Å². The fourth-order valence-electron chi connectivity index (χ4n) is 5.85. The van der Waals surface area contributed by atoms with Crippen LogP contribution in [0.1, 0.15) is 73.0 Å².